The van der Waals surface area contributed by atoms with Crippen LogP contribution in [0.25, 0.3) is 10.9 Å². The number of hydrogen-bond donors (Lipinski definition) is 0. The summed E-state index contributed by atoms with van der Waals surface area (Å²) in [6.07, 6.45) is 5.12. The van der Waals surface area contributed by atoms with E-state index in [1.54, 1.807) is 11.7 Å². The van der Waals surface area contributed by atoms with Gasteiger partial charge in [0.2, 0.25) is 0 Å². The van der Waals surface area contributed by atoms with E-state index in [4.69, 9.17) is 18.9 Å². The second-order valence-electron chi connectivity index (χ2n) is 13.9. The molecule has 3 aliphatic rings. The van der Waals surface area contributed by atoms with Gasteiger partial charge in [-0.2, -0.15) is 0 Å². The maximum Gasteiger partial charge on any atom is 0.410 e. The smallest absolute Gasteiger partial charge is 0.410 e. The zero-order chi connectivity index (χ0) is 33.1. The number of methoxy groups -OCH3 is 1. The summed E-state index contributed by atoms with van der Waals surface area (Å²) in [6.45, 7) is 9.80. The van der Waals surface area contributed by atoms with E-state index in [-0.39, 0.29) is 29.4 Å². The van der Waals surface area contributed by atoms with Crippen LogP contribution in [0.5, 0.6) is 17.2 Å². The third-order valence-corrected chi connectivity index (χ3v) is 9.54. The molecule has 3 heterocycles. The third kappa shape index (κ3) is 7.59. The Labute approximate surface area is 276 Å². The van der Waals surface area contributed by atoms with Crippen molar-refractivity contribution in [1.29, 1.82) is 0 Å². The highest BCUT2D eigenvalue weighted by molar-refractivity contribution is 6.08. The molecule has 0 spiro atoms. The quantitative estimate of drug-likeness (QED) is 0.259. The first-order valence-corrected chi connectivity index (χ1v) is 17.0. The van der Waals surface area contributed by atoms with Crippen molar-refractivity contribution in [2.45, 2.75) is 84.0 Å². The summed E-state index contributed by atoms with van der Waals surface area (Å²) in [4.78, 5) is 44.6. The van der Waals surface area contributed by atoms with Crippen LogP contribution in [-0.4, -0.2) is 77.8 Å². The lowest BCUT2D eigenvalue weighted by Gasteiger charge is -2.39. The van der Waals surface area contributed by atoms with Gasteiger partial charge in [0.15, 0.2) is 17.3 Å². The van der Waals surface area contributed by atoms with Crippen molar-refractivity contribution in [3.63, 3.8) is 0 Å². The number of amides is 1. The maximum absolute atomic E-state index is 13.5. The average Bonchev–Trinajstić information content (AvgIpc) is 3.61. The van der Waals surface area contributed by atoms with Crippen molar-refractivity contribution < 1.29 is 28.5 Å². The molecule has 252 valence electrons. The van der Waals surface area contributed by atoms with Crippen molar-refractivity contribution in [2.24, 2.45) is 5.92 Å². The maximum atomic E-state index is 13.5. The van der Waals surface area contributed by atoms with Crippen LogP contribution in [0.3, 0.4) is 0 Å². The number of pyridine rings is 1. The fourth-order valence-electron chi connectivity index (χ4n) is 7.07. The summed E-state index contributed by atoms with van der Waals surface area (Å²) in [5.74, 6) is 2.14. The van der Waals surface area contributed by atoms with Crippen LogP contribution in [-0.2, 0) is 17.8 Å². The number of carbonyl (C=O) groups excluding carboxylic acids is 2. The SMILES string of the molecule is COc1ccc2c(C(=O)C3CCCC3)cc(=O)n(CCN3CCC(N(Cc4ccc5c(c4)OCCO5)C(=O)OC(C)(C)C)CC3)c2c1. The number of benzene rings is 2. The van der Waals surface area contributed by atoms with E-state index in [1.807, 2.05) is 62.1 Å². The Morgan fingerprint density at radius 1 is 0.915 bits per heavy atom. The van der Waals surface area contributed by atoms with E-state index in [9.17, 15) is 14.4 Å². The molecule has 1 saturated heterocycles. The minimum absolute atomic E-state index is 0.00278. The molecular formula is C37H47N3O7. The van der Waals surface area contributed by atoms with Crippen LogP contribution in [0, 0.1) is 5.92 Å². The van der Waals surface area contributed by atoms with Crippen LogP contribution in [0.15, 0.2) is 47.3 Å². The minimum atomic E-state index is -0.612. The molecule has 0 bridgehead atoms. The van der Waals surface area contributed by atoms with Crippen molar-refractivity contribution in [1.82, 2.24) is 14.4 Å². The summed E-state index contributed by atoms with van der Waals surface area (Å²) in [6, 6.07) is 13.0. The van der Waals surface area contributed by atoms with Crippen LogP contribution >= 0.6 is 0 Å². The fraction of sp³-hybridized carbons (Fsp3) is 0.541. The summed E-state index contributed by atoms with van der Waals surface area (Å²) < 4.78 is 24.6. The highest BCUT2D eigenvalue weighted by Gasteiger charge is 2.32. The Kier molecular flexibility index (Phi) is 9.77. The monoisotopic (exact) mass is 645 g/mol. The van der Waals surface area contributed by atoms with E-state index in [2.05, 4.69) is 4.90 Å². The number of aromatic nitrogens is 1. The molecule has 10 heteroatoms. The van der Waals surface area contributed by atoms with E-state index < -0.39 is 5.60 Å². The molecule has 2 aromatic carbocycles. The second kappa shape index (κ2) is 14.0. The lowest BCUT2D eigenvalue weighted by Crippen LogP contribution is -2.49. The van der Waals surface area contributed by atoms with Crippen LogP contribution in [0.1, 0.15) is 75.2 Å². The molecule has 0 atom stereocenters. The number of hydrogen-bond acceptors (Lipinski definition) is 8. The standard InChI is InChI=1S/C37H47N3O7/c1-37(2,3)47-36(43)40(24-25-9-12-32-33(21-25)46-20-19-45-32)27-13-15-38(16-14-27)17-18-39-31-22-28(44-4)10-11-29(31)30(23-34(39)41)35(42)26-7-5-6-8-26/h9-12,21-23,26-27H,5-8,13-20,24H2,1-4H3. The van der Waals surface area contributed by atoms with Gasteiger partial charge in [-0.05, 0) is 76.3 Å². The predicted octanol–water partition coefficient (Wildman–Crippen LogP) is 6.06. The number of rotatable bonds is 9. The number of likely N-dealkylation sites (tertiary alicyclic amines) is 1. The fourth-order valence-corrected chi connectivity index (χ4v) is 7.07. The number of carbonyl (C=O) groups is 2. The molecule has 3 aromatic rings. The van der Waals surface area contributed by atoms with Gasteiger partial charge in [0.05, 0.1) is 12.6 Å². The highest BCUT2D eigenvalue weighted by Crippen LogP contribution is 2.33. The molecule has 1 aromatic heterocycles. The predicted molar refractivity (Wildman–Crippen MR) is 180 cm³/mol. The van der Waals surface area contributed by atoms with Gasteiger partial charge in [-0.25, -0.2) is 4.79 Å². The molecule has 0 N–H and O–H groups in total. The summed E-state index contributed by atoms with van der Waals surface area (Å²) >= 11 is 0. The van der Waals surface area contributed by atoms with Crippen LogP contribution in [0.4, 0.5) is 4.79 Å². The highest BCUT2D eigenvalue weighted by atomic mass is 16.6. The van der Waals surface area contributed by atoms with Gasteiger partial charge in [0.25, 0.3) is 5.56 Å². The average molecular weight is 646 g/mol. The van der Waals surface area contributed by atoms with Gasteiger partial charge in [-0.1, -0.05) is 18.9 Å². The van der Waals surface area contributed by atoms with Crippen LogP contribution in [0.2, 0.25) is 0 Å². The zero-order valence-electron chi connectivity index (χ0n) is 28.1. The Balaban J connectivity index is 1.15. The van der Waals surface area contributed by atoms with Gasteiger partial charge < -0.3 is 33.3 Å². The Bertz CT molecular complexity index is 1660. The number of Topliss-reactive ketones (excluding diaryl/α,β-unsaturated/α-hetero) is 1. The Hall–Kier alpha value is -4.05. The van der Waals surface area contributed by atoms with Crippen molar-refractivity contribution in [3.8, 4) is 17.2 Å². The van der Waals surface area contributed by atoms with Crippen molar-refractivity contribution in [3.05, 3.63) is 63.9 Å². The van der Waals surface area contributed by atoms with Gasteiger partial charge in [-0.3, -0.25) is 9.59 Å². The van der Waals surface area contributed by atoms with Crippen molar-refractivity contribution >= 4 is 22.8 Å². The lowest BCUT2D eigenvalue weighted by molar-refractivity contribution is 0.00562. The van der Waals surface area contributed by atoms with Crippen LogP contribution < -0.4 is 19.8 Å². The number of nitrogens with zero attached hydrogens (tertiary/aromatic N) is 3. The molecule has 6 rings (SSSR count). The third-order valence-electron chi connectivity index (χ3n) is 9.54. The van der Waals surface area contributed by atoms with Gasteiger partial charge in [0.1, 0.15) is 24.6 Å². The zero-order valence-corrected chi connectivity index (χ0v) is 28.1. The van der Waals surface area contributed by atoms with Gasteiger partial charge in [0, 0.05) is 67.8 Å². The molecule has 1 saturated carbocycles. The number of ether oxygens (including phenoxy) is 4. The van der Waals surface area contributed by atoms with E-state index >= 15 is 0 Å². The number of fused-ring (bicyclic) bond motifs is 2. The first-order valence-electron chi connectivity index (χ1n) is 17.0. The summed E-state index contributed by atoms with van der Waals surface area (Å²) in [5.41, 5.74) is 1.43. The first-order chi connectivity index (χ1) is 22.6. The van der Waals surface area contributed by atoms with E-state index in [1.165, 1.54) is 6.07 Å². The molecule has 1 aliphatic carbocycles. The molecule has 0 radical (unpaired) electrons. The molecule has 47 heavy (non-hydrogen) atoms. The second-order valence-corrected chi connectivity index (χ2v) is 13.9. The normalized spacial score (nSPS) is 17.5. The number of ketones is 1. The molecule has 10 nitrogen and oxygen atoms in total. The topological polar surface area (TPSA) is 99.5 Å². The molecular weight excluding hydrogens is 598 g/mol. The first kappa shape index (κ1) is 32.9. The van der Waals surface area contributed by atoms with E-state index in [0.29, 0.717) is 49.9 Å². The summed E-state index contributed by atoms with van der Waals surface area (Å²) in [5, 5.41) is 0.799. The summed E-state index contributed by atoms with van der Waals surface area (Å²) in [7, 11) is 1.61. The molecule has 2 aliphatic heterocycles. The molecule has 2 fully saturated rings. The largest absolute Gasteiger partial charge is 0.497 e. The number of piperidine rings is 1. The lowest BCUT2D eigenvalue weighted by atomic mass is 9.94. The minimum Gasteiger partial charge on any atom is -0.497 e. The van der Waals surface area contributed by atoms with Gasteiger partial charge in [-0.15, -0.1) is 0 Å². The Morgan fingerprint density at radius 3 is 2.34 bits per heavy atom. The van der Waals surface area contributed by atoms with Crippen molar-refractivity contribution in [2.75, 3.05) is 40.0 Å². The molecule has 1 amide bonds. The van der Waals surface area contributed by atoms with Gasteiger partial charge >= 0.3 is 6.09 Å². The van der Waals surface area contributed by atoms with E-state index in [0.717, 1.165) is 73.8 Å². The Morgan fingerprint density at radius 2 is 1.64 bits per heavy atom. The molecule has 0 unspecified atom stereocenters.